The van der Waals surface area contributed by atoms with Crippen molar-refractivity contribution in [2.24, 2.45) is 15.9 Å². The molecule has 1 spiro atoms. The van der Waals surface area contributed by atoms with Crippen LogP contribution in [0.3, 0.4) is 0 Å². The van der Waals surface area contributed by atoms with Gasteiger partial charge in [-0.3, -0.25) is 29.5 Å². The predicted octanol–water partition coefficient (Wildman–Crippen LogP) is 5.13. The zero-order chi connectivity index (χ0) is 27.0. The number of carbonyl (C=O) groups is 3. The topological polar surface area (TPSA) is 110 Å². The monoisotopic (exact) mass is 507 g/mol. The zero-order valence-electron chi connectivity index (χ0n) is 21.1. The van der Waals surface area contributed by atoms with Gasteiger partial charge in [-0.2, -0.15) is 5.10 Å². The summed E-state index contributed by atoms with van der Waals surface area (Å²) in [5, 5.41) is 17.7. The molecule has 3 atom stereocenters. The molecular weight excluding hydrogens is 482 g/mol. The Hall–Kier alpha value is -4.46. The summed E-state index contributed by atoms with van der Waals surface area (Å²) >= 11 is 0. The minimum absolute atomic E-state index is 0.118. The van der Waals surface area contributed by atoms with Gasteiger partial charge < -0.3 is 0 Å². The summed E-state index contributed by atoms with van der Waals surface area (Å²) in [6.45, 7) is 5.41. The maximum absolute atomic E-state index is 14.6. The molecule has 8 nitrogen and oxygen atoms in total. The molecule has 6 rings (SSSR count). The number of Topliss-reactive ketones (excluding diaryl/α,β-unsaturated/α-hetero) is 3. The van der Waals surface area contributed by atoms with Crippen LogP contribution in [0.1, 0.15) is 70.1 Å². The second-order valence-electron chi connectivity index (χ2n) is 11.1. The first kappa shape index (κ1) is 23.9. The molecule has 3 aliphatic rings. The third-order valence-electron chi connectivity index (χ3n) is 8.05. The van der Waals surface area contributed by atoms with Gasteiger partial charge in [-0.15, -0.1) is 0 Å². The first-order chi connectivity index (χ1) is 18.1. The van der Waals surface area contributed by atoms with E-state index in [1.165, 1.54) is 12.1 Å². The first-order valence-corrected chi connectivity index (χ1v) is 12.5. The molecule has 2 aliphatic heterocycles. The molecule has 38 heavy (non-hydrogen) atoms. The zero-order valence-corrected chi connectivity index (χ0v) is 21.1. The van der Waals surface area contributed by atoms with Crippen LogP contribution in [0.5, 0.6) is 0 Å². The highest BCUT2D eigenvalue weighted by molar-refractivity contribution is 6.31. The Morgan fingerprint density at radius 1 is 0.921 bits per heavy atom. The lowest BCUT2D eigenvalue weighted by atomic mass is 9.62. The highest BCUT2D eigenvalue weighted by Crippen LogP contribution is 2.65. The Kier molecular flexibility index (Phi) is 5.04. The largest absolute Gasteiger partial charge is 0.297 e. The van der Waals surface area contributed by atoms with Gasteiger partial charge in [0.15, 0.2) is 17.3 Å². The highest BCUT2D eigenvalue weighted by atomic mass is 16.6. The molecule has 1 fully saturated rings. The summed E-state index contributed by atoms with van der Waals surface area (Å²) in [6.07, 6.45) is 1.66. The molecule has 1 aliphatic carbocycles. The van der Waals surface area contributed by atoms with E-state index < -0.39 is 33.8 Å². The molecule has 0 N–H and O–H groups in total. The number of nitro groups is 1. The van der Waals surface area contributed by atoms with Gasteiger partial charge in [-0.05, 0) is 16.7 Å². The smallest absolute Gasteiger partial charge is 0.269 e. The van der Waals surface area contributed by atoms with E-state index in [1.54, 1.807) is 68.4 Å². The lowest BCUT2D eigenvalue weighted by Gasteiger charge is -2.36. The summed E-state index contributed by atoms with van der Waals surface area (Å²) < 4.78 is 0. The van der Waals surface area contributed by atoms with Crippen LogP contribution in [0.25, 0.3) is 0 Å². The molecule has 8 heteroatoms. The molecule has 0 saturated carbocycles. The normalized spacial score (nSPS) is 22.8. The van der Waals surface area contributed by atoms with Crippen LogP contribution in [0, 0.1) is 20.9 Å². The number of rotatable bonds is 3. The summed E-state index contributed by atoms with van der Waals surface area (Å²) in [4.78, 5) is 54.2. The molecule has 0 aromatic heterocycles. The molecule has 1 saturated heterocycles. The minimum Gasteiger partial charge on any atom is -0.297 e. The molecular formula is C30H25N3O5. The number of ketones is 3. The molecule has 0 unspecified atom stereocenters. The second-order valence-corrected chi connectivity index (χ2v) is 11.1. The number of hydrazone groups is 1. The quantitative estimate of drug-likeness (QED) is 0.276. The Morgan fingerprint density at radius 3 is 2.08 bits per heavy atom. The number of benzene rings is 3. The van der Waals surface area contributed by atoms with Crippen LogP contribution in [-0.2, 0) is 4.79 Å². The standard InChI is InChI=1S/C30H25N3O5/c1-29(2,3)28(36)24-23(17-12-14-19(15-13-17)33(37)38)30(26(34)21-10-6-7-11-22(21)27(30)35)25-20-9-5-4-8-18(20)16-31-32(24)25/h4-16,23-25H,1-3H3/t23-,24-,25-/m1/s1. The van der Waals surface area contributed by atoms with Crippen LogP contribution in [0.15, 0.2) is 77.9 Å². The second kappa shape index (κ2) is 8.02. The molecule has 3 aromatic carbocycles. The average molecular weight is 508 g/mol. The Morgan fingerprint density at radius 2 is 1.50 bits per heavy atom. The minimum atomic E-state index is -1.68. The Labute approximate surface area is 219 Å². The van der Waals surface area contributed by atoms with Crippen LogP contribution >= 0.6 is 0 Å². The number of non-ortho nitro benzene ring substituents is 1. The summed E-state index contributed by atoms with van der Waals surface area (Å²) in [5.74, 6) is -1.80. The van der Waals surface area contributed by atoms with Gasteiger partial charge in [0.2, 0.25) is 0 Å². The van der Waals surface area contributed by atoms with Crippen molar-refractivity contribution in [2.45, 2.75) is 38.8 Å². The van der Waals surface area contributed by atoms with E-state index in [1.807, 2.05) is 24.3 Å². The SMILES string of the molecule is CC(C)(C)C(=O)[C@H]1[C@@H](c2ccc([N+](=O)[O-])cc2)C2(C(=O)c3ccccc3C2=O)[C@H]2c3ccccc3C=NN12. The van der Waals surface area contributed by atoms with Crippen LogP contribution < -0.4 is 0 Å². The Balaban J connectivity index is 1.69. The lowest BCUT2D eigenvalue weighted by molar-refractivity contribution is -0.384. The summed E-state index contributed by atoms with van der Waals surface area (Å²) in [6, 6.07) is 18.3. The molecule has 0 radical (unpaired) electrons. The average Bonchev–Trinajstić information content (AvgIpc) is 3.34. The van der Waals surface area contributed by atoms with Crippen molar-refractivity contribution in [3.05, 3.63) is 111 Å². The number of hydrogen-bond acceptors (Lipinski definition) is 7. The fourth-order valence-corrected chi connectivity index (χ4v) is 6.40. The van der Waals surface area contributed by atoms with E-state index in [9.17, 15) is 24.5 Å². The van der Waals surface area contributed by atoms with Gasteiger partial charge in [0.05, 0.1) is 17.2 Å². The number of nitrogens with zero attached hydrogens (tertiary/aromatic N) is 3. The van der Waals surface area contributed by atoms with Crippen molar-refractivity contribution in [1.82, 2.24) is 5.01 Å². The van der Waals surface area contributed by atoms with Gasteiger partial charge in [0.1, 0.15) is 11.5 Å². The van der Waals surface area contributed by atoms with Gasteiger partial charge >= 0.3 is 0 Å². The summed E-state index contributed by atoms with van der Waals surface area (Å²) in [7, 11) is 0. The maximum atomic E-state index is 14.6. The van der Waals surface area contributed by atoms with Crippen molar-refractivity contribution >= 4 is 29.3 Å². The number of hydrogen-bond donors (Lipinski definition) is 0. The Bertz CT molecular complexity index is 1530. The van der Waals surface area contributed by atoms with E-state index in [4.69, 9.17) is 5.10 Å². The molecule has 0 bridgehead atoms. The van der Waals surface area contributed by atoms with Gasteiger partial charge in [-0.1, -0.05) is 81.4 Å². The third-order valence-corrected chi connectivity index (χ3v) is 8.05. The molecule has 190 valence electrons. The highest BCUT2D eigenvalue weighted by Gasteiger charge is 2.73. The van der Waals surface area contributed by atoms with E-state index >= 15 is 0 Å². The number of fused-ring (bicyclic) bond motifs is 5. The maximum Gasteiger partial charge on any atom is 0.269 e. The van der Waals surface area contributed by atoms with Crippen LogP contribution in [0.4, 0.5) is 5.69 Å². The van der Waals surface area contributed by atoms with Crippen LogP contribution in [0.2, 0.25) is 0 Å². The van der Waals surface area contributed by atoms with Crippen molar-refractivity contribution in [1.29, 1.82) is 0 Å². The van der Waals surface area contributed by atoms with E-state index in [-0.39, 0.29) is 23.0 Å². The molecule has 2 heterocycles. The van der Waals surface area contributed by atoms with Gasteiger partial charge in [0, 0.05) is 34.6 Å². The number of nitro benzene ring substituents is 1. The fourth-order valence-electron chi connectivity index (χ4n) is 6.40. The van der Waals surface area contributed by atoms with Crippen LogP contribution in [-0.4, -0.2) is 39.5 Å². The van der Waals surface area contributed by atoms with Gasteiger partial charge in [0.25, 0.3) is 5.69 Å². The van der Waals surface area contributed by atoms with E-state index in [2.05, 4.69) is 0 Å². The summed E-state index contributed by atoms with van der Waals surface area (Å²) in [5.41, 5.74) is 0.0515. The van der Waals surface area contributed by atoms with Crippen molar-refractivity contribution < 1.29 is 19.3 Å². The fraction of sp³-hybridized carbons (Fsp3) is 0.267. The first-order valence-electron chi connectivity index (χ1n) is 12.5. The van der Waals surface area contributed by atoms with Gasteiger partial charge in [-0.25, -0.2) is 0 Å². The van der Waals surface area contributed by atoms with Crippen molar-refractivity contribution in [3.63, 3.8) is 0 Å². The lowest BCUT2D eigenvalue weighted by Crippen LogP contribution is -2.45. The van der Waals surface area contributed by atoms with Crippen molar-refractivity contribution in [2.75, 3.05) is 0 Å². The van der Waals surface area contributed by atoms with E-state index in [0.29, 0.717) is 16.7 Å². The van der Waals surface area contributed by atoms with Crippen molar-refractivity contribution in [3.8, 4) is 0 Å². The molecule has 3 aromatic rings. The number of carbonyl (C=O) groups excluding carboxylic acids is 3. The predicted molar refractivity (Wildman–Crippen MR) is 140 cm³/mol. The van der Waals surface area contributed by atoms with E-state index in [0.717, 1.165) is 11.1 Å². The molecule has 0 amide bonds. The third kappa shape index (κ3) is 3.03.